The molecular weight excluding hydrogens is 901 g/mol. The van der Waals surface area contributed by atoms with Crippen molar-refractivity contribution in [3.63, 3.8) is 0 Å². The van der Waals surface area contributed by atoms with E-state index in [9.17, 15) is 14.4 Å². The maximum absolute atomic E-state index is 12.9. The Hall–Kier alpha value is -2.63. The van der Waals surface area contributed by atoms with E-state index in [0.29, 0.717) is 19.3 Å². The molecule has 0 spiro atoms. The summed E-state index contributed by atoms with van der Waals surface area (Å²) in [5, 5.41) is 0. The highest BCUT2D eigenvalue weighted by Crippen LogP contribution is 2.16. The van der Waals surface area contributed by atoms with Crippen molar-refractivity contribution in [2.45, 2.75) is 348 Å². The second-order valence-corrected chi connectivity index (χ2v) is 21.7. The lowest BCUT2D eigenvalue weighted by Crippen LogP contribution is -2.30. The van der Waals surface area contributed by atoms with Gasteiger partial charge in [0.05, 0.1) is 0 Å². The molecule has 1 unspecified atom stereocenters. The van der Waals surface area contributed by atoms with E-state index >= 15 is 0 Å². The van der Waals surface area contributed by atoms with Crippen LogP contribution < -0.4 is 0 Å². The Morgan fingerprint density at radius 2 is 0.493 bits per heavy atom. The van der Waals surface area contributed by atoms with Gasteiger partial charge in [-0.15, -0.1) is 0 Å². The van der Waals surface area contributed by atoms with Crippen LogP contribution in [0.15, 0.2) is 48.6 Å². The van der Waals surface area contributed by atoms with E-state index in [-0.39, 0.29) is 31.1 Å². The molecule has 0 aromatic rings. The summed E-state index contributed by atoms with van der Waals surface area (Å²) in [5.74, 6) is -0.884. The van der Waals surface area contributed by atoms with Gasteiger partial charge in [0.15, 0.2) is 6.10 Å². The Morgan fingerprint density at radius 1 is 0.274 bits per heavy atom. The zero-order chi connectivity index (χ0) is 52.9. The van der Waals surface area contributed by atoms with E-state index in [1.54, 1.807) is 0 Å². The maximum atomic E-state index is 12.9. The standard InChI is InChI=1S/C67H122O6/c1-4-7-10-13-16-19-22-25-28-31-32-33-34-35-36-37-40-42-45-48-51-54-57-60-66(69)72-63-64(73-67(70)61-58-55-52-49-46-43-39-30-27-24-21-18-15-12-9-6-3)62-71-65(68)59-56-53-50-47-44-41-38-29-26-23-20-17-14-11-8-5-2/h21,24,29-32,38-39,64H,4-20,22-23,25-28,33-37,40-63H2,1-3H3/b24-21-,32-31-,38-29-,39-30-. The fourth-order valence-electron chi connectivity index (χ4n) is 9.41. The van der Waals surface area contributed by atoms with Gasteiger partial charge in [-0.3, -0.25) is 14.4 Å². The summed E-state index contributed by atoms with van der Waals surface area (Å²) in [6.45, 7) is 6.65. The van der Waals surface area contributed by atoms with Crippen LogP contribution in [-0.4, -0.2) is 37.2 Å². The van der Waals surface area contributed by atoms with E-state index in [4.69, 9.17) is 14.2 Å². The SMILES string of the molecule is CCCCCC/C=C\C/C=C\CCCCCCCC(=O)OC(COC(=O)CCCCCCC/C=C\CCCCCCCCC)COC(=O)CCCCCCCCCCCCC/C=C\CCCCCCCCCC. The summed E-state index contributed by atoms with van der Waals surface area (Å²) in [7, 11) is 0. The first-order valence-electron chi connectivity index (χ1n) is 32.1. The maximum Gasteiger partial charge on any atom is 0.306 e. The Bertz CT molecular complexity index is 1270. The molecule has 0 bridgehead atoms. The molecule has 426 valence electrons. The number of hydrogen-bond donors (Lipinski definition) is 0. The van der Waals surface area contributed by atoms with Crippen LogP contribution in [0.5, 0.6) is 0 Å². The zero-order valence-electron chi connectivity index (χ0n) is 48.9. The molecule has 0 fully saturated rings. The van der Waals surface area contributed by atoms with E-state index in [1.165, 1.54) is 212 Å². The van der Waals surface area contributed by atoms with Crippen LogP contribution in [0.4, 0.5) is 0 Å². The smallest absolute Gasteiger partial charge is 0.306 e. The normalized spacial score (nSPS) is 12.3. The second kappa shape index (κ2) is 61.9. The predicted octanol–water partition coefficient (Wildman–Crippen LogP) is 21.8. The average molecular weight is 1020 g/mol. The molecule has 0 saturated carbocycles. The lowest BCUT2D eigenvalue weighted by Gasteiger charge is -2.18. The molecule has 0 rings (SSSR count). The minimum Gasteiger partial charge on any atom is -0.462 e. The van der Waals surface area contributed by atoms with Gasteiger partial charge in [0.1, 0.15) is 13.2 Å². The highest BCUT2D eigenvalue weighted by molar-refractivity contribution is 5.71. The van der Waals surface area contributed by atoms with E-state index in [0.717, 1.165) is 89.9 Å². The van der Waals surface area contributed by atoms with Crippen LogP contribution in [0.25, 0.3) is 0 Å². The number of unbranched alkanes of at least 4 members (excludes halogenated alkanes) is 40. The van der Waals surface area contributed by atoms with Gasteiger partial charge in [-0.1, -0.05) is 268 Å². The van der Waals surface area contributed by atoms with Crippen molar-refractivity contribution < 1.29 is 28.6 Å². The molecule has 0 amide bonds. The molecule has 73 heavy (non-hydrogen) atoms. The Morgan fingerprint density at radius 3 is 0.781 bits per heavy atom. The third-order valence-electron chi connectivity index (χ3n) is 14.3. The number of carbonyl (C=O) groups is 3. The van der Waals surface area contributed by atoms with Crippen molar-refractivity contribution in [3.8, 4) is 0 Å². The zero-order valence-corrected chi connectivity index (χ0v) is 48.9. The number of carbonyl (C=O) groups excluding carboxylic acids is 3. The van der Waals surface area contributed by atoms with Crippen molar-refractivity contribution in [2.75, 3.05) is 13.2 Å². The van der Waals surface area contributed by atoms with Crippen LogP contribution in [0, 0.1) is 0 Å². The van der Waals surface area contributed by atoms with Gasteiger partial charge < -0.3 is 14.2 Å². The molecule has 0 heterocycles. The molecular formula is C67H122O6. The van der Waals surface area contributed by atoms with Crippen molar-refractivity contribution >= 4 is 17.9 Å². The average Bonchev–Trinajstić information content (AvgIpc) is 3.39. The van der Waals surface area contributed by atoms with Crippen molar-refractivity contribution in [3.05, 3.63) is 48.6 Å². The van der Waals surface area contributed by atoms with Gasteiger partial charge in [0.25, 0.3) is 0 Å². The highest BCUT2D eigenvalue weighted by atomic mass is 16.6. The van der Waals surface area contributed by atoms with Gasteiger partial charge in [-0.2, -0.15) is 0 Å². The lowest BCUT2D eigenvalue weighted by atomic mass is 10.0. The quantitative estimate of drug-likeness (QED) is 0.0261. The van der Waals surface area contributed by atoms with Crippen LogP contribution in [0.3, 0.4) is 0 Å². The number of ether oxygens (including phenoxy) is 3. The Balaban J connectivity index is 4.33. The summed E-state index contributed by atoms with van der Waals surface area (Å²) in [5.41, 5.74) is 0. The van der Waals surface area contributed by atoms with Crippen molar-refractivity contribution in [2.24, 2.45) is 0 Å². The lowest BCUT2D eigenvalue weighted by molar-refractivity contribution is -0.167. The fourth-order valence-corrected chi connectivity index (χ4v) is 9.41. The van der Waals surface area contributed by atoms with Gasteiger partial charge in [0.2, 0.25) is 0 Å². The van der Waals surface area contributed by atoms with E-state index in [2.05, 4.69) is 69.4 Å². The number of hydrogen-bond acceptors (Lipinski definition) is 6. The summed E-state index contributed by atoms with van der Waals surface area (Å²) >= 11 is 0. The van der Waals surface area contributed by atoms with Gasteiger partial charge in [0, 0.05) is 19.3 Å². The van der Waals surface area contributed by atoms with Gasteiger partial charge in [-0.05, 0) is 103 Å². The molecule has 6 nitrogen and oxygen atoms in total. The summed E-state index contributed by atoms with van der Waals surface area (Å²) in [4.78, 5) is 38.3. The molecule has 0 aromatic heterocycles. The summed E-state index contributed by atoms with van der Waals surface area (Å²) in [6.07, 6.45) is 76.9. The van der Waals surface area contributed by atoms with Gasteiger partial charge in [-0.25, -0.2) is 0 Å². The molecule has 0 N–H and O–H groups in total. The van der Waals surface area contributed by atoms with E-state index in [1.807, 2.05) is 0 Å². The fraction of sp³-hybridized carbons (Fsp3) is 0.836. The van der Waals surface area contributed by atoms with E-state index < -0.39 is 6.10 Å². The monoisotopic (exact) mass is 1020 g/mol. The Kier molecular flexibility index (Phi) is 59.7. The molecule has 0 radical (unpaired) electrons. The number of allylic oxidation sites excluding steroid dienone is 8. The molecule has 0 aliphatic heterocycles. The topological polar surface area (TPSA) is 78.9 Å². The molecule has 0 aromatic carbocycles. The molecule has 0 aliphatic rings. The van der Waals surface area contributed by atoms with Crippen LogP contribution >= 0.6 is 0 Å². The molecule has 0 saturated heterocycles. The first kappa shape index (κ1) is 70.4. The number of esters is 3. The third kappa shape index (κ3) is 60.1. The third-order valence-corrected chi connectivity index (χ3v) is 14.3. The summed E-state index contributed by atoms with van der Waals surface area (Å²) < 4.78 is 16.9. The number of rotatable bonds is 59. The highest BCUT2D eigenvalue weighted by Gasteiger charge is 2.19. The molecule has 0 aliphatic carbocycles. The van der Waals surface area contributed by atoms with Gasteiger partial charge >= 0.3 is 17.9 Å². The van der Waals surface area contributed by atoms with Crippen molar-refractivity contribution in [1.82, 2.24) is 0 Å². The van der Waals surface area contributed by atoms with Crippen LogP contribution in [0.1, 0.15) is 342 Å². The first-order valence-corrected chi connectivity index (χ1v) is 32.1. The largest absolute Gasteiger partial charge is 0.462 e. The summed E-state index contributed by atoms with van der Waals surface area (Å²) in [6, 6.07) is 0. The van der Waals surface area contributed by atoms with Crippen LogP contribution in [0.2, 0.25) is 0 Å². The Labute approximate surface area is 454 Å². The second-order valence-electron chi connectivity index (χ2n) is 21.7. The molecule has 6 heteroatoms. The molecule has 1 atom stereocenters. The van der Waals surface area contributed by atoms with Crippen molar-refractivity contribution in [1.29, 1.82) is 0 Å². The predicted molar refractivity (Wildman–Crippen MR) is 316 cm³/mol. The minimum absolute atomic E-state index is 0.0797. The van der Waals surface area contributed by atoms with Crippen LogP contribution in [-0.2, 0) is 28.6 Å². The first-order chi connectivity index (χ1) is 36.0. The minimum atomic E-state index is -0.784.